The molecule has 1 fully saturated rings. The van der Waals surface area contributed by atoms with Crippen molar-refractivity contribution in [2.24, 2.45) is 0 Å². The lowest BCUT2D eigenvalue weighted by Gasteiger charge is -2.32. The summed E-state index contributed by atoms with van der Waals surface area (Å²) in [5.41, 5.74) is -0.634. The smallest absolute Gasteiger partial charge is 0.349 e. The number of carbonyl (C=O) groups is 1. The molecule has 0 amide bonds. The van der Waals surface area contributed by atoms with Crippen LogP contribution in [-0.4, -0.2) is 62.1 Å². The molecule has 7 heteroatoms. The molecule has 1 aromatic heterocycles. The van der Waals surface area contributed by atoms with Gasteiger partial charge in [0.2, 0.25) is 5.60 Å². The maximum Gasteiger partial charge on any atom is 0.349 e. The first-order valence-electron chi connectivity index (χ1n) is 8.85. The summed E-state index contributed by atoms with van der Waals surface area (Å²) >= 11 is 1.45. The van der Waals surface area contributed by atoms with Gasteiger partial charge in [0.1, 0.15) is 6.54 Å². The van der Waals surface area contributed by atoms with Gasteiger partial charge in [-0.2, -0.15) is 0 Å². The first-order chi connectivity index (χ1) is 12.5. The van der Waals surface area contributed by atoms with E-state index >= 15 is 0 Å². The van der Waals surface area contributed by atoms with Gasteiger partial charge < -0.3 is 31.5 Å². The molecule has 1 aliphatic rings. The molecular weight excluding hydrogens is 386 g/mol. The second-order valence-electron chi connectivity index (χ2n) is 7.25. The Morgan fingerprint density at radius 3 is 2.56 bits per heavy atom. The molecule has 3 rings (SSSR count). The van der Waals surface area contributed by atoms with E-state index < -0.39 is 11.6 Å². The van der Waals surface area contributed by atoms with Gasteiger partial charge in [0.05, 0.1) is 38.7 Å². The highest BCUT2D eigenvalue weighted by molar-refractivity contribution is 7.10. The Labute approximate surface area is 170 Å². The Kier molecular flexibility index (Phi) is 7.42. The molecule has 27 heavy (non-hydrogen) atoms. The molecule has 5 nitrogen and oxygen atoms in total. The summed E-state index contributed by atoms with van der Waals surface area (Å²) in [4.78, 5) is 14.2. The maximum atomic E-state index is 13.4. The summed E-state index contributed by atoms with van der Waals surface area (Å²) in [5, 5.41) is 11.2. The van der Waals surface area contributed by atoms with Crippen LogP contribution in [0.3, 0.4) is 0 Å². The fraction of sp³-hybridized carbons (Fsp3) is 0.450. The quantitative estimate of drug-likeness (QED) is 0.488. The number of likely N-dealkylation sites (N-methyl/N-ethyl adjacent to an activating group) is 1. The summed E-state index contributed by atoms with van der Waals surface area (Å²) in [7, 11) is 4.28. The van der Waals surface area contributed by atoms with Crippen LogP contribution in [0.5, 0.6) is 0 Å². The SMILES string of the molecule is C[N+]1(C)CCC(OC(=O)C(OCCO)(c2ccccc2)c2cccs2)C1.[Cl-]. The summed E-state index contributed by atoms with van der Waals surface area (Å²) in [6.45, 7) is 1.66. The lowest BCUT2D eigenvalue weighted by Crippen LogP contribution is -3.00. The normalized spacial score (nSPS) is 20.5. The maximum absolute atomic E-state index is 13.4. The molecule has 1 saturated heterocycles. The van der Waals surface area contributed by atoms with Crippen LogP contribution in [-0.2, 0) is 19.9 Å². The van der Waals surface area contributed by atoms with Crippen LogP contribution in [0.25, 0.3) is 0 Å². The molecule has 2 atom stereocenters. The number of benzene rings is 1. The number of nitrogens with zero attached hydrogens (tertiary/aromatic N) is 1. The van der Waals surface area contributed by atoms with Gasteiger partial charge in [0.15, 0.2) is 6.10 Å². The number of likely N-dealkylation sites (tertiary alicyclic amines) is 1. The van der Waals surface area contributed by atoms with Gasteiger partial charge in [-0.25, -0.2) is 4.79 Å². The zero-order valence-electron chi connectivity index (χ0n) is 15.6. The van der Waals surface area contributed by atoms with Crippen molar-refractivity contribution >= 4 is 17.3 Å². The number of aliphatic hydroxyl groups is 1. The van der Waals surface area contributed by atoms with Crippen molar-refractivity contribution in [3.63, 3.8) is 0 Å². The van der Waals surface area contributed by atoms with Crippen LogP contribution in [0.1, 0.15) is 16.9 Å². The third-order valence-corrected chi connectivity index (χ3v) is 5.74. The third-order valence-electron chi connectivity index (χ3n) is 4.77. The number of carbonyl (C=O) groups excluding carboxylic acids is 1. The predicted molar refractivity (Wildman–Crippen MR) is 101 cm³/mol. The van der Waals surface area contributed by atoms with Gasteiger partial charge in [0.25, 0.3) is 0 Å². The number of aliphatic hydroxyl groups excluding tert-OH is 1. The molecule has 0 saturated carbocycles. The Morgan fingerprint density at radius 2 is 2.00 bits per heavy atom. The number of hydrogen-bond acceptors (Lipinski definition) is 5. The van der Waals surface area contributed by atoms with Crippen molar-refractivity contribution in [3.8, 4) is 0 Å². The molecule has 0 aliphatic carbocycles. The van der Waals surface area contributed by atoms with Crippen molar-refractivity contribution in [3.05, 3.63) is 58.3 Å². The highest BCUT2D eigenvalue weighted by atomic mass is 35.5. The third kappa shape index (κ3) is 4.70. The first-order valence-corrected chi connectivity index (χ1v) is 9.73. The van der Waals surface area contributed by atoms with E-state index in [0.29, 0.717) is 5.56 Å². The summed E-state index contributed by atoms with van der Waals surface area (Å²) < 4.78 is 12.8. The second kappa shape index (κ2) is 9.17. The average Bonchev–Trinajstić information content (AvgIpc) is 3.27. The number of esters is 1. The van der Waals surface area contributed by atoms with Crippen molar-refractivity contribution in [2.45, 2.75) is 18.1 Å². The second-order valence-corrected chi connectivity index (χ2v) is 8.20. The van der Waals surface area contributed by atoms with Gasteiger partial charge in [-0.05, 0) is 11.4 Å². The van der Waals surface area contributed by atoms with Crippen LogP contribution >= 0.6 is 11.3 Å². The van der Waals surface area contributed by atoms with Gasteiger partial charge in [-0.1, -0.05) is 36.4 Å². The fourth-order valence-corrected chi connectivity index (χ4v) is 4.37. The minimum Gasteiger partial charge on any atom is -1.00 e. The topological polar surface area (TPSA) is 55.8 Å². The molecule has 1 aromatic carbocycles. The molecular formula is C20H26ClNO4S. The van der Waals surface area contributed by atoms with E-state index in [-0.39, 0.29) is 31.7 Å². The minimum atomic E-state index is -1.35. The van der Waals surface area contributed by atoms with E-state index in [2.05, 4.69) is 14.1 Å². The monoisotopic (exact) mass is 411 g/mol. The Bertz CT molecular complexity index is 723. The predicted octanol–water partition coefficient (Wildman–Crippen LogP) is -0.603. The zero-order chi connectivity index (χ0) is 18.6. The number of ether oxygens (including phenoxy) is 2. The van der Waals surface area contributed by atoms with Crippen LogP contribution in [0.4, 0.5) is 0 Å². The number of rotatable bonds is 7. The highest BCUT2D eigenvalue weighted by Gasteiger charge is 2.48. The van der Waals surface area contributed by atoms with E-state index in [1.807, 2.05) is 47.8 Å². The molecule has 148 valence electrons. The molecule has 0 radical (unpaired) electrons. The minimum absolute atomic E-state index is 0. The molecule has 2 aromatic rings. The zero-order valence-corrected chi connectivity index (χ0v) is 17.2. The molecule has 1 aliphatic heterocycles. The largest absolute Gasteiger partial charge is 1.00 e. The van der Waals surface area contributed by atoms with Gasteiger partial charge in [-0.3, -0.25) is 0 Å². The molecule has 0 bridgehead atoms. The Balaban J connectivity index is 0.00000261. The summed E-state index contributed by atoms with van der Waals surface area (Å²) in [5.74, 6) is -0.411. The summed E-state index contributed by atoms with van der Waals surface area (Å²) in [6.07, 6.45) is 0.715. The average molecular weight is 412 g/mol. The molecule has 2 unspecified atom stereocenters. The Morgan fingerprint density at radius 1 is 1.26 bits per heavy atom. The Hall–Kier alpha value is -1.44. The van der Waals surface area contributed by atoms with E-state index in [1.165, 1.54) is 11.3 Å². The lowest BCUT2D eigenvalue weighted by molar-refractivity contribution is -0.879. The highest BCUT2D eigenvalue weighted by Crippen LogP contribution is 2.38. The van der Waals surface area contributed by atoms with Gasteiger partial charge in [0, 0.05) is 12.0 Å². The standard InChI is InChI=1S/C20H26NO4S.ClH/c1-21(2)11-10-17(15-21)25-19(23)20(24-13-12-22,18-9-6-14-26-18)16-7-4-3-5-8-16;/h3-9,14,17,22H,10-13,15H2,1-2H3;1H/q+1;/p-1. The molecule has 1 N–H and O–H groups in total. The van der Waals surface area contributed by atoms with E-state index in [9.17, 15) is 9.90 Å². The molecule has 0 spiro atoms. The van der Waals surface area contributed by atoms with Crippen LogP contribution in [0, 0.1) is 0 Å². The first kappa shape index (κ1) is 21.9. The van der Waals surface area contributed by atoms with Crippen molar-refractivity contribution in [1.82, 2.24) is 0 Å². The van der Waals surface area contributed by atoms with Crippen LogP contribution in [0.15, 0.2) is 47.8 Å². The van der Waals surface area contributed by atoms with Crippen LogP contribution in [0.2, 0.25) is 0 Å². The van der Waals surface area contributed by atoms with E-state index in [4.69, 9.17) is 9.47 Å². The van der Waals surface area contributed by atoms with Crippen LogP contribution < -0.4 is 12.4 Å². The number of halogens is 1. The van der Waals surface area contributed by atoms with E-state index in [1.54, 1.807) is 0 Å². The van der Waals surface area contributed by atoms with Crippen molar-refractivity contribution in [2.75, 3.05) is 40.4 Å². The molecule has 2 heterocycles. The number of hydrogen-bond donors (Lipinski definition) is 1. The van der Waals surface area contributed by atoms with Crippen molar-refractivity contribution in [1.29, 1.82) is 0 Å². The van der Waals surface area contributed by atoms with E-state index in [0.717, 1.165) is 28.9 Å². The fourth-order valence-electron chi connectivity index (χ4n) is 3.48. The van der Waals surface area contributed by atoms with Gasteiger partial charge >= 0.3 is 5.97 Å². The lowest BCUT2D eigenvalue weighted by atomic mass is 9.91. The van der Waals surface area contributed by atoms with Gasteiger partial charge in [-0.15, -0.1) is 11.3 Å². The number of quaternary nitrogens is 1. The summed E-state index contributed by atoms with van der Waals surface area (Å²) in [6, 6.07) is 13.2. The number of thiophene rings is 1. The van der Waals surface area contributed by atoms with Crippen molar-refractivity contribution < 1.29 is 36.3 Å².